The number of esters is 1. The molecular weight excluding hydrogens is 386 g/mol. The van der Waals surface area contributed by atoms with Crippen molar-refractivity contribution in [3.05, 3.63) is 58.0 Å². The third kappa shape index (κ3) is 3.65. The second kappa shape index (κ2) is 7.46. The summed E-state index contributed by atoms with van der Waals surface area (Å²) >= 11 is 0. The number of fused-ring (bicyclic) bond motifs is 1. The quantitative estimate of drug-likeness (QED) is 0.346. The highest BCUT2D eigenvalue weighted by Crippen LogP contribution is 2.38. The Morgan fingerprint density at radius 3 is 2.59 bits per heavy atom. The van der Waals surface area contributed by atoms with Gasteiger partial charge >= 0.3 is 5.97 Å². The van der Waals surface area contributed by atoms with E-state index in [1.165, 1.54) is 6.07 Å². The van der Waals surface area contributed by atoms with Gasteiger partial charge in [-0.25, -0.2) is 4.79 Å². The second-order valence-corrected chi connectivity index (χ2v) is 5.79. The molecule has 0 bridgehead atoms. The minimum atomic E-state index is -0.931. The van der Waals surface area contributed by atoms with Gasteiger partial charge in [0.15, 0.2) is 18.1 Å². The molecule has 0 unspecified atom stereocenters. The first-order valence-corrected chi connectivity index (χ1v) is 8.27. The second-order valence-electron chi connectivity index (χ2n) is 5.79. The van der Waals surface area contributed by atoms with E-state index in [2.05, 4.69) is 10.2 Å². The van der Waals surface area contributed by atoms with E-state index in [0.717, 1.165) is 6.07 Å². The average Bonchev–Trinajstić information content (AvgIpc) is 3.40. The molecule has 0 saturated heterocycles. The molecule has 1 aromatic heterocycles. The van der Waals surface area contributed by atoms with Crippen LogP contribution in [0.2, 0.25) is 0 Å². The van der Waals surface area contributed by atoms with Crippen LogP contribution >= 0.6 is 0 Å². The lowest BCUT2D eigenvalue weighted by Gasteiger charge is -2.05. The molecule has 2 heterocycles. The molecule has 11 nitrogen and oxygen atoms in total. The zero-order valence-electron chi connectivity index (χ0n) is 15.0. The largest absolute Gasteiger partial charge is 0.497 e. The molecule has 3 aromatic rings. The Kier molecular flexibility index (Phi) is 4.69. The Balaban J connectivity index is 1.48. The van der Waals surface area contributed by atoms with Gasteiger partial charge in [-0.05, 0) is 24.3 Å². The minimum absolute atomic E-state index is 0.0348. The van der Waals surface area contributed by atoms with Crippen LogP contribution in [0, 0.1) is 10.1 Å². The molecule has 4 rings (SSSR count). The third-order valence-corrected chi connectivity index (χ3v) is 4.04. The lowest BCUT2D eigenvalue weighted by atomic mass is 10.1. The van der Waals surface area contributed by atoms with Crippen LogP contribution in [-0.4, -0.2) is 35.0 Å². The number of carbonyl (C=O) groups is 1. The number of nitro benzene ring substituents is 1. The van der Waals surface area contributed by atoms with Crippen LogP contribution in [0.3, 0.4) is 0 Å². The normalized spacial score (nSPS) is 11.9. The van der Waals surface area contributed by atoms with Crippen LogP contribution in [0.1, 0.15) is 16.2 Å². The summed E-state index contributed by atoms with van der Waals surface area (Å²) in [4.78, 5) is 22.9. The molecule has 0 aliphatic carbocycles. The van der Waals surface area contributed by atoms with E-state index in [-0.39, 0.29) is 42.2 Å². The molecule has 0 spiro atoms. The fraction of sp³-hybridized carbons (Fsp3) is 0.167. The average molecular weight is 399 g/mol. The molecule has 0 saturated carbocycles. The molecule has 2 aromatic carbocycles. The number of hydrogen-bond acceptors (Lipinski definition) is 10. The molecule has 29 heavy (non-hydrogen) atoms. The third-order valence-electron chi connectivity index (χ3n) is 4.04. The van der Waals surface area contributed by atoms with Gasteiger partial charge in [0, 0.05) is 11.6 Å². The van der Waals surface area contributed by atoms with Gasteiger partial charge in [0.1, 0.15) is 11.3 Å². The van der Waals surface area contributed by atoms with E-state index in [1.54, 1.807) is 31.4 Å². The van der Waals surface area contributed by atoms with Crippen LogP contribution < -0.4 is 14.2 Å². The van der Waals surface area contributed by atoms with Gasteiger partial charge in [0.25, 0.3) is 11.6 Å². The molecule has 11 heteroatoms. The first-order chi connectivity index (χ1) is 14.0. The smallest absolute Gasteiger partial charge is 0.345 e. The van der Waals surface area contributed by atoms with Gasteiger partial charge in [-0.15, -0.1) is 10.2 Å². The van der Waals surface area contributed by atoms with Gasteiger partial charge in [0.2, 0.25) is 12.7 Å². The number of nitro groups is 1. The summed E-state index contributed by atoms with van der Waals surface area (Å²) in [6.07, 6.45) is 0. The zero-order chi connectivity index (χ0) is 20.4. The maximum absolute atomic E-state index is 12.4. The number of aromatic nitrogens is 2. The predicted octanol–water partition coefficient (Wildman–Crippen LogP) is 2.74. The van der Waals surface area contributed by atoms with Gasteiger partial charge in [-0.2, -0.15) is 0 Å². The maximum atomic E-state index is 12.4. The lowest BCUT2D eigenvalue weighted by molar-refractivity contribution is -0.385. The van der Waals surface area contributed by atoms with Crippen LogP contribution in [-0.2, 0) is 11.3 Å². The molecule has 148 valence electrons. The van der Waals surface area contributed by atoms with Crippen LogP contribution in [0.5, 0.6) is 17.2 Å². The highest BCUT2D eigenvalue weighted by atomic mass is 16.7. The minimum Gasteiger partial charge on any atom is -0.497 e. The molecule has 0 amide bonds. The summed E-state index contributed by atoms with van der Waals surface area (Å²) < 4.78 is 25.9. The predicted molar refractivity (Wildman–Crippen MR) is 94.6 cm³/mol. The van der Waals surface area contributed by atoms with Crippen molar-refractivity contribution in [2.45, 2.75) is 6.61 Å². The molecule has 0 radical (unpaired) electrons. The van der Waals surface area contributed by atoms with Gasteiger partial charge in [-0.3, -0.25) is 10.1 Å². The van der Waals surface area contributed by atoms with Crippen LogP contribution in [0.15, 0.2) is 40.8 Å². The molecule has 0 N–H and O–H groups in total. The zero-order valence-corrected chi connectivity index (χ0v) is 15.0. The number of ether oxygens (including phenoxy) is 4. The van der Waals surface area contributed by atoms with Crippen molar-refractivity contribution in [2.24, 2.45) is 0 Å². The van der Waals surface area contributed by atoms with Crippen molar-refractivity contribution in [3.8, 4) is 28.7 Å². The monoisotopic (exact) mass is 399 g/mol. The lowest BCUT2D eigenvalue weighted by Crippen LogP contribution is -2.08. The first kappa shape index (κ1) is 18.2. The van der Waals surface area contributed by atoms with Crippen molar-refractivity contribution in [1.82, 2.24) is 10.2 Å². The van der Waals surface area contributed by atoms with Crippen molar-refractivity contribution >= 4 is 11.7 Å². The van der Waals surface area contributed by atoms with Crippen LogP contribution in [0.25, 0.3) is 11.5 Å². The van der Waals surface area contributed by atoms with E-state index in [9.17, 15) is 14.9 Å². The Morgan fingerprint density at radius 1 is 1.17 bits per heavy atom. The van der Waals surface area contributed by atoms with Gasteiger partial charge in [0.05, 0.1) is 18.1 Å². The van der Waals surface area contributed by atoms with Gasteiger partial charge < -0.3 is 23.4 Å². The Labute approximate surface area is 162 Å². The summed E-state index contributed by atoms with van der Waals surface area (Å²) in [5.74, 6) is 0.420. The molecule has 1 aliphatic heterocycles. The fourth-order valence-electron chi connectivity index (χ4n) is 2.61. The summed E-state index contributed by atoms with van der Waals surface area (Å²) in [7, 11) is 1.55. The van der Waals surface area contributed by atoms with E-state index in [1.807, 2.05) is 0 Å². The first-order valence-electron chi connectivity index (χ1n) is 8.27. The van der Waals surface area contributed by atoms with Crippen molar-refractivity contribution in [3.63, 3.8) is 0 Å². The number of hydrogen-bond donors (Lipinski definition) is 0. The number of rotatable bonds is 6. The topological polar surface area (TPSA) is 136 Å². The van der Waals surface area contributed by atoms with E-state index >= 15 is 0 Å². The number of carbonyl (C=O) groups excluding carboxylic acids is 1. The van der Waals surface area contributed by atoms with E-state index in [4.69, 9.17) is 23.4 Å². The highest BCUT2D eigenvalue weighted by Gasteiger charge is 2.28. The number of nitrogens with zero attached hydrogens (tertiary/aromatic N) is 3. The summed E-state index contributed by atoms with van der Waals surface area (Å²) in [6, 6.07) is 9.26. The standard InChI is InChI=1S/C18H13N3O8/c1-25-11-4-2-10(3-5-11)17-20-19-16(29-17)8-26-18(22)12-6-14-15(28-9-27-14)7-13(12)21(23)24/h2-7H,8-9H2,1H3. The highest BCUT2D eigenvalue weighted by molar-refractivity contribution is 5.95. The number of methoxy groups -OCH3 is 1. The molecule has 0 fully saturated rings. The van der Waals surface area contributed by atoms with E-state index < -0.39 is 16.6 Å². The molecule has 0 atom stereocenters. The number of benzene rings is 2. The fourth-order valence-corrected chi connectivity index (χ4v) is 2.61. The maximum Gasteiger partial charge on any atom is 0.345 e. The van der Waals surface area contributed by atoms with Crippen molar-refractivity contribution in [2.75, 3.05) is 13.9 Å². The van der Waals surface area contributed by atoms with Crippen molar-refractivity contribution in [1.29, 1.82) is 0 Å². The van der Waals surface area contributed by atoms with Gasteiger partial charge in [-0.1, -0.05) is 0 Å². The van der Waals surface area contributed by atoms with Crippen molar-refractivity contribution < 1.29 is 33.1 Å². The Bertz CT molecular complexity index is 1080. The molecule has 1 aliphatic rings. The SMILES string of the molecule is COc1ccc(-c2nnc(COC(=O)c3cc4c(cc3[N+](=O)[O-])OCO4)o2)cc1. The summed E-state index contributed by atoms with van der Waals surface area (Å²) in [6.45, 7) is -0.436. The van der Waals surface area contributed by atoms with E-state index in [0.29, 0.717) is 11.3 Å². The Hall–Kier alpha value is -4.15. The summed E-state index contributed by atoms with van der Waals surface area (Å²) in [5.41, 5.74) is -0.0693. The summed E-state index contributed by atoms with van der Waals surface area (Å²) in [5, 5.41) is 19.0. The van der Waals surface area contributed by atoms with Crippen LogP contribution in [0.4, 0.5) is 5.69 Å². The Morgan fingerprint density at radius 2 is 1.90 bits per heavy atom. The molecular formula is C18H13N3O8.